The summed E-state index contributed by atoms with van der Waals surface area (Å²) in [5, 5.41) is 14.4. The zero-order valence-corrected chi connectivity index (χ0v) is 13.2. The molecular formula is C14H24N2O2S. The fourth-order valence-electron chi connectivity index (χ4n) is 1.70. The average Bonchev–Trinajstić information content (AvgIpc) is 2.57. The lowest BCUT2D eigenvalue weighted by molar-refractivity contribution is -0.118. The molecule has 4 nitrogen and oxygen atoms in total. The van der Waals surface area contributed by atoms with E-state index >= 15 is 0 Å². The maximum atomic E-state index is 11.9. The fourth-order valence-corrected chi connectivity index (χ4v) is 2.56. The van der Waals surface area contributed by atoms with Crippen molar-refractivity contribution in [2.45, 2.75) is 53.6 Å². The van der Waals surface area contributed by atoms with Crippen LogP contribution in [0.15, 0.2) is 0 Å². The molecular weight excluding hydrogens is 260 g/mol. The van der Waals surface area contributed by atoms with Crippen molar-refractivity contribution in [3.8, 4) is 0 Å². The van der Waals surface area contributed by atoms with Crippen LogP contribution in [0.4, 0.5) is 5.00 Å². The number of aromatic nitrogens is 1. The molecule has 1 aromatic rings. The van der Waals surface area contributed by atoms with Crippen LogP contribution < -0.4 is 5.32 Å². The third-order valence-corrected chi connectivity index (χ3v) is 3.75. The molecule has 1 atom stereocenters. The van der Waals surface area contributed by atoms with Gasteiger partial charge < -0.3 is 10.4 Å². The predicted molar refractivity (Wildman–Crippen MR) is 79.5 cm³/mol. The average molecular weight is 284 g/mol. The molecule has 0 aliphatic carbocycles. The lowest BCUT2D eigenvalue weighted by Gasteiger charge is -2.14. The topological polar surface area (TPSA) is 62.2 Å². The van der Waals surface area contributed by atoms with Crippen molar-refractivity contribution in [2.75, 3.05) is 5.32 Å². The lowest BCUT2D eigenvalue weighted by atomic mass is 10.0. The third-order valence-electron chi connectivity index (χ3n) is 2.82. The van der Waals surface area contributed by atoms with Crippen LogP contribution in [0.3, 0.4) is 0 Å². The quantitative estimate of drug-likeness (QED) is 0.844. The van der Waals surface area contributed by atoms with Gasteiger partial charge in [-0.1, -0.05) is 27.7 Å². The van der Waals surface area contributed by atoms with Crippen LogP contribution in [-0.2, 0) is 11.2 Å². The zero-order chi connectivity index (χ0) is 14.6. The molecule has 0 saturated heterocycles. The smallest absolute Gasteiger partial charge is 0.227 e. The van der Waals surface area contributed by atoms with Crippen molar-refractivity contribution in [3.63, 3.8) is 0 Å². The molecule has 1 heterocycles. The minimum absolute atomic E-state index is 0.0871. The second-order valence-electron chi connectivity index (χ2n) is 5.67. The second kappa shape index (κ2) is 7.01. The Bertz CT molecular complexity index is 427. The summed E-state index contributed by atoms with van der Waals surface area (Å²) in [5.41, 5.74) is 0.949. The number of carbonyl (C=O) groups excluding carboxylic acids is 1. The number of nitrogens with zero attached hydrogens (tertiary/aromatic N) is 1. The van der Waals surface area contributed by atoms with Crippen molar-refractivity contribution in [1.82, 2.24) is 4.98 Å². The van der Waals surface area contributed by atoms with E-state index in [-0.39, 0.29) is 18.2 Å². The van der Waals surface area contributed by atoms with Gasteiger partial charge in [-0.15, -0.1) is 11.3 Å². The highest BCUT2D eigenvalue weighted by Crippen LogP contribution is 2.26. The van der Waals surface area contributed by atoms with Gasteiger partial charge in [-0.2, -0.15) is 0 Å². The Balaban J connectivity index is 2.68. The Morgan fingerprint density at radius 3 is 2.53 bits per heavy atom. The molecule has 0 radical (unpaired) electrons. The van der Waals surface area contributed by atoms with Gasteiger partial charge >= 0.3 is 0 Å². The molecule has 0 fully saturated rings. The summed E-state index contributed by atoms with van der Waals surface area (Å²) in [5.74, 6) is 0.442. The molecule has 19 heavy (non-hydrogen) atoms. The van der Waals surface area contributed by atoms with Crippen molar-refractivity contribution in [1.29, 1.82) is 0 Å². The Hall–Kier alpha value is -0.940. The number of hydrogen-bond donors (Lipinski definition) is 2. The highest BCUT2D eigenvalue weighted by molar-refractivity contribution is 7.16. The predicted octanol–water partition coefficient (Wildman–Crippen LogP) is 3.00. The van der Waals surface area contributed by atoms with Gasteiger partial charge in [0.05, 0.1) is 23.2 Å². The SMILES string of the molecule is Cc1nc(CC(C)C)c(NC(=O)CC(O)C(C)C)s1. The van der Waals surface area contributed by atoms with E-state index < -0.39 is 6.10 Å². The van der Waals surface area contributed by atoms with E-state index in [1.54, 1.807) is 0 Å². The van der Waals surface area contributed by atoms with E-state index in [9.17, 15) is 9.90 Å². The second-order valence-corrected chi connectivity index (χ2v) is 6.87. The van der Waals surface area contributed by atoms with Crippen LogP contribution in [0.2, 0.25) is 0 Å². The molecule has 1 aromatic heterocycles. The molecule has 0 aliphatic heterocycles. The number of amides is 1. The summed E-state index contributed by atoms with van der Waals surface area (Å²) in [6.45, 7) is 10.00. The number of aliphatic hydroxyl groups excluding tert-OH is 1. The lowest BCUT2D eigenvalue weighted by Crippen LogP contribution is -2.23. The molecule has 1 rings (SSSR count). The van der Waals surface area contributed by atoms with Crippen LogP contribution in [-0.4, -0.2) is 22.1 Å². The van der Waals surface area contributed by atoms with Gasteiger partial charge in [-0.25, -0.2) is 4.98 Å². The van der Waals surface area contributed by atoms with E-state index in [1.165, 1.54) is 11.3 Å². The molecule has 0 bridgehead atoms. The summed E-state index contributed by atoms with van der Waals surface area (Å²) in [7, 11) is 0. The van der Waals surface area contributed by atoms with Crippen LogP contribution in [0.1, 0.15) is 44.8 Å². The van der Waals surface area contributed by atoms with E-state index in [1.807, 2.05) is 20.8 Å². The number of carbonyl (C=O) groups is 1. The van der Waals surface area contributed by atoms with Crippen LogP contribution in [0, 0.1) is 18.8 Å². The minimum Gasteiger partial charge on any atom is -0.392 e. The van der Waals surface area contributed by atoms with Crippen molar-refractivity contribution >= 4 is 22.2 Å². The van der Waals surface area contributed by atoms with Gasteiger partial charge in [0.25, 0.3) is 0 Å². The number of rotatable bonds is 6. The summed E-state index contributed by atoms with van der Waals surface area (Å²) in [6.07, 6.45) is 0.394. The third kappa shape index (κ3) is 5.28. The Kier molecular flexibility index (Phi) is 5.94. The summed E-state index contributed by atoms with van der Waals surface area (Å²) >= 11 is 1.50. The highest BCUT2D eigenvalue weighted by Gasteiger charge is 2.17. The van der Waals surface area contributed by atoms with Gasteiger partial charge in [-0.05, 0) is 25.2 Å². The maximum absolute atomic E-state index is 11.9. The normalized spacial score (nSPS) is 13.1. The van der Waals surface area contributed by atoms with E-state index in [0.717, 1.165) is 22.1 Å². The fraction of sp³-hybridized carbons (Fsp3) is 0.714. The largest absolute Gasteiger partial charge is 0.392 e. The molecule has 1 unspecified atom stereocenters. The molecule has 0 saturated carbocycles. The van der Waals surface area contributed by atoms with Crippen molar-refractivity contribution < 1.29 is 9.90 Å². The highest BCUT2D eigenvalue weighted by atomic mass is 32.1. The molecule has 0 spiro atoms. The standard InChI is InChI=1S/C14H24N2O2S/c1-8(2)6-11-14(19-10(5)15-11)16-13(18)7-12(17)9(3)4/h8-9,12,17H,6-7H2,1-5H3,(H,16,18). The van der Waals surface area contributed by atoms with Gasteiger partial charge in [0.15, 0.2) is 0 Å². The first-order chi connectivity index (χ1) is 8.79. The number of thiazole rings is 1. The van der Waals surface area contributed by atoms with E-state index in [2.05, 4.69) is 24.1 Å². The molecule has 1 amide bonds. The number of hydrogen-bond acceptors (Lipinski definition) is 4. The zero-order valence-electron chi connectivity index (χ0n) is 12.4. The van der Waals surface area contributed by atoms with Crippen molar-refractivity contribution in [3.05, 3.63) is 10.7 Å². The molecule has 108 valence electrons. The Labute approximate surface area is 119 Å². The molecule has 0 aromatic carbocycles. The van der Waals surface area contributed by atoms with E-state index in [4.69, 9.17) is 0 Å². The Morgan fingerprint density at radius 1 is 1.37 bits per heavy atom. The van der Waals surface area contributed by atoms with Crippen LogP contribution in [0.25, 0.3) is 0 Å². The van der Waals surface area contributed by atoms with E-state index in [0.29, 0.717) is 5.92 Å². The number of nitrogens with one attached hydrogen (secondary N) is 1. The number of aliphatic hydroxyl groups is 1. The van der Waals surface area contributed by atoms with Crippen LogP contribution >= 0.6 is 11.3 Å². The first kappa shape index (κ1) is 16.1. The van der Waals surface area contributed by atoms with Gasteiger partial charge in [0.2, 0.25) is 5.91 Å². The maximum Gasteiger partial charge on any atom is 0.227 e. The number of aryl methyl sites for hydroxylation is 1. The first-order valence-corrected chi connectivity index (χ1v) is 7.55. The summed E-state index contributed by atoms with van der Waals surface area (Å²) in [6, 6.07) is 0. The van der Waals surface area contributed by atoms with Crippen LogP contribution in [0.5, 0.6) is 0 Å². The number of anilines is 1. The summed E-state index contributed by atoms with van der Waals surface area (Å²) in [4.78, 5) is 16.3. The van der Waals surface area contributed by atoms with Crippen molar-refractivity contribution in [2.24, 2.45) is 11.8 Å². The van der Waals surface area contributed by atoms with Gasteiger partial charge in [0, 0.05) is 0 Å². The molecule has 2 N–H and O–H groups in total. The van der Waals surface area contributed by atoms with Gasteiger partial charge in [0.1, 0.15) is 5.00 Å². The van der Waals surface area contributed by atoms with Gasteiger partial charge in [-0.3, -0.25) is 4.79 Å². The monoisotopic (exact) mass is 284 g/mol. The summed E-state index contributed by atoms with van der Waals surface area (Å²) < 4.78 is 0. The molecule has 0 aliphatic rings. The minimum atomic E-state index is -0.595. The first-order valence-electron chi connectivity index (χ1n) is 6.73. The molecule has 5 heteroatoms. The Morgan fingerprint density at radius 2 is 2.00 bits per heavy atom.